The number of nitrogens with one attached hydrogen (secondary N) is 1. The molecular weight excluding hydrogens is 448 g/mol. The maximum atomic E-state index is 13.1. The molecule has 1 aromatic carbocycles. The first kappa shape index (κ1) is 19.8. The molecule has 4 rings (SSSR count). The van der Waals surface area contributed by atoms with Crippen molar-refractivity contribution in [3.8, 4) is 0 Å². The van der Waals surface area contributed by atoms with Crippen LogP contribution in [-0.2, 0) is 9.47 Å². The van der Waals surface area contributed by atoms with Crippen molar-refractivity contribution in [3.63, 3.8) is 0 Å². The summed E-state index contributed by atoms with van der Waals surface area (Å²) < 4.78 is 24.7. The van der Waals surface area contributed by atoms with Gasteiger partial charge in [0.2, 0.25) is 0 Å². The monoisotopic (exact) mass is 475 g/mol. The van der Waals surface area contributed by atoms with Gasteiger partial charge in [0, 0.05) is 45.6 Å². The molecule has 1 aromatic rings. The van der Waals surface area contributed by atoms with Gasteiger partial charge in [-0.1, -0.05) is 12.1 Å². The van der Waals surface area contributed by atoms with Gasteiger partial charge in [-0.15, -0.1) is 24.0 Å². The maximum absolute atomic E-state index is 13.1. The van der Waals surface area contributed by atoms with E-state index in [1.807, 2.05) is 7.05 Å². The Morgan fingerprint density at radius 1 is 1.27 bits per heavy atom. The van der Waals surface area contributed by atoms with Crippen molar-refractivity contribution in [2.45, 2.75) is 31.2 Å². The summed E-state index contributed by atoms with van der Waals surface area (Å²) in [6.07, 6.45) is 3.18. The highest BCUT2D eigenvalue weighted by atomic mass is 127. The molecule has 5 atom stereocenters. The fraction of sp³-hybridized carbons (Fsp3) is 0.632. The van der Waals surface area contributed by atoms with E-state index in [9.17, 15) is 4.39 Å². The van der Waals surface area contributed by atoms with E-state index < -0.39 is 0 Å². The van der Waals surface area contributed by atoms with Crippen LogP contribution >= 0.6 is 24.0 Å². The minimum atomic E-state index is -0.233. The Hall–Kier alpha value is -0.930. The summed E-state index contributed by atoms with van der Waals surface area (Å²) in [6, 6.07) is 6.47. The van der Waals surface area contributed by atoms with Crippen LogP contribution in [0, 0.1) is 17.7 Å². The van der Waals surface area contributed by atoms with Gasteiger partial charge >= 0.3 is 0 Å². The van der Waals surface area contributed by atoms with Crippen LogP contribution in [-0.4, -0.2) is 56.9 Å². The van der Waals surface area contributed by atoms with E-state index in [4.69, 9.17) is 9.47 Å². The number of aliphatic imine (C=N–C) groups is 1. The molecule has 26 heavy (non-hydrogen) atoms. The van der Waals surface area contributed by atoms with E-state index in [1.54, 1.807) is 19.2 Å². The van der Waals surface area contributed by atoms with Crippen molar-refractivity contribution in [1.82, 2.24) is 10.2 Å². The second-order valence-corrected chi connectivity index (χ2v) is 7.23. The lowest BCUT2D eigenvalue weighted by Gasteiger charge is -2.25. The number of fused-ring (bicyclic) bond motifs is 5. The number of halogens is 2. The Bertz CT molecular complexity index is 624. The van der Waals surface area contributed by atoms with Gasteiger partial charge in [0.05, 0.1) is 18.3 Å². The number of ether oxygens (including phenoxy) is 2. The second kappa shape index (κ2) is 8.39. The van der Waals surface area contributed by atoms with E-state index >= 15 is 0 Å². The quantitative estimate of drug-likeness (QED) is 0.414. The molecule has 7 heteroatoms. The van der Waals surface area contributed by atoms with E-state index in [1.165, 1.54) is 25.0 Å². The number of nitrogens with zero attached hydrogens (tertiary/aromatic N) is 2. The highest BCUT2D eigenvalue weighted by Gasteiger charge is 2.53. The zero-order valence-corrected chi connectivity index (χ0v) is 17.6. The van der Waals surface area contributed by atoms with Crippen molar-refractivity contribution in [2.75, 3.05) is 33.8 Å². The largest absolute Gasteiger partial charge is 0.375 e. The zero-order chi connectivity index (χ0) is 17.4. The number of methoxy groups -OCH3 is 1. The van der Waals surface area contributed by atoms with Crippen molar-refractivity contribution in [3.05, 3.63) is 35.6 Å². The highest BCUT2D eigenvalue weighted by Crippen LogP contribution is 2.47. The highest BCUT2D eigenvalue weighted by molar-refractivity contribution is 14.0. The molecule has 3 heterocycles. The molecule has 0 amide bonds. The summed E-state index contributed by atoms with van der Waals surface area (Å²) in [4.78, 5) is 6.80. The van der Waals surface area contributed by atoms with Gasteiger partial charge in [-0.05, 0) is 30.5 Å². The number of rotatable bonds is 4. The molecule has 0 aliphatic carbocycles. The molecule has 3 aliphatic heterocycles. The summed E-state index contributed by atoms with van der Waals surface area (Å²) in [5, 5.41) is 3.43. The standard InChI is InChI=1S/C19H26FN3O2.HI/c1-21-19(22-9-18(24-2)12-3-5-13(20)6-4-12)23-10-14-15(11-23)17-8-7-16(14)25-17;/h3-6,14-18H,7-11H2,1-2H3,(H,21,22);1H. The van der Waals surface area contributed by atoms with Gasteiger partial charge in [0.15, 0.2) is 5.96 Å². The minimum absolute atomic E-state index is 0. The van der Waals surface area contributed by atoms with Crippen LogP contribution in [0.5, 0.6) is 0 Å². The lowest BCUT2D eigenvalue weighted by Crippen LogP contribution is -2.43. The van der Waals surface area contributed by atoms with Crippen LogP contribution in [0.4, 0.5) is 4.39 Å². The fourth-order valence-electron chi connectivity index (χ4n) is 4.66. The third-order valence-corrected chi connectivity index (χ3v) is 5.94. The van der Waals surface area contributed by atoms with E-state index in [-0.39, 0.29) is 35.9 Å². The first-order valence-electron chi connectivity index (χ1n) is 9.09. The van der Waals surface area contributed by atoms with E-state index in [2.05, 4.69) is 15.2 Å². The van der Waals surface area contributed by atoms with Gasteiger partial charge in [-0.3, -0.25) is 4.99 Å². The van der Waals surface area contributed by atoms with Gasteiger partial charge in [-0.25, -0.2) is 4.39 Å². The normalized spacial score (nSPS) is 30.9. The van der Waals surface area contributed by atoms with Gasteiger partial charge in [0.1, 0.15) is 5.82 Å². The first-order chi connectivity index (χ1) is 12.2. The Balaban J connectivity index is 0.00000196. The van der Waals surface area contributed by atoms with Crippen molar-refractivity contribution >= 4 is 29.9 Å². The van der Waals surface area contributed by atoms with Crippen LogP contribution in [0.25, 0.3) is 0 Å². The number of hydrogen-bond donors (Lipinski definition) is 1. The summed E-state index contributed by atoms with van der Waals surface area (Å²) in [7, 11) is 3.50. The Kier molecular flexibility index (Phi) is 6.40. The predicted octanol–water partition coefficient (Wildman–Crippen LogP) is 2.82. The Morgan fingerprint density at radius 2 is 1.88 bits per heavy atom. The van der Waals surface area contributed by atoms with Crippen LogP contribution < -0.4 is 5.32 Å². The van der Waals surface area contributed by atoms with Crippen molar-refractivity contribution in [1.29, 1.82) is 0 Å². The molecule has 3 aliphatic rings. The second-order valence-electron chi connectivity index (χ2n) is 7.23. The lowest BCUT2D eigenvalue weighted by atomic mass is 9.82. The van der Waals surface area contributed by atoms with Crippen LogP contribution in [0.2, 0.25) is 0 Å². The molecule has 1 N–H and O–H groups in total. The number of hydrogen-bond acceptors (Lipinski definition) is 3. The number of benzene rings is 1. The smallest absolute Gasteiger partial charge is 0.193 e. The van der Waals surface area contributed by atoms with Crippen molar-refractivity contribution < 1.29 is 13.9 Å². The molecule has 144 valence electrons. The van der Waals surface area contributed by atoms with Crippen LogP contribution in [0.1, 0.15) is 24.5 Å². The summed E-state index contributed by atoms with van der Waals surface area (Å²) in [5.74, 6) is 1.97. The molecule has 5 nitrogen and oxygen atoms in total. The molecule has 2 bridgehead atoms. The van der Waals surface area contributed by atoms with Gasteiger partial charge < -0.3 is 19.7 Å². The molecule has 0 spiro atoms. The summed E-state index contributed by atoms with van der Waals surface area (Å²) in [5.41, 5.74) is 0.955. The number of likely N-dealkylation sites (tertiary alicyclic amines) is 1. The molecular formula is C19H27FIN3O2. The SMILES string of the molecule is CN=C(NCC(OC)c1ccc(F)cc1)N1CC2C3CCC(O3)C2C1.I. The summed E-state index contributed by atoms with van der Waals surface area (Å²) in [6.45, 7) is 2.63. The van der Waals surface area contributed by atoms with Crippen LogP contribution in [0.3, 0.4) is 0 Å². The molecule has 0 radical (unpaired) electrons. The average Bonchev–Trinajstić information content (AvgIpc) is 3.33. The van der Waals surface area contributed by atoms with Gasteiger partial charge in [-0.2, -0.15) is 0 Å². The third kappa shape index (κ3) is 3.71. The first-order valence-corrected chi connectivity index (χ1v) is 9.09. The minimum Gasteiger partial charge on any atom is -0.375 e. The fourth-order valence-corrected chi connectivity index (χ4v) is 4.66. The van der Waals surface area contributed by atoms with Crippen LogP contribution in [0.15, 0.2) is 29.3 Å². The van der Waals surface area contributed by atoms with E-state index in [0.717, 1.165) is 24.6 Å². The Labute approximate surface area is 171 Å². The molecule has 0 aromatic heterocycles. The lowest BCUT2D eigenvalue weighted by molar-refractivity contribution is 0.0763. The maximum Gasteiger partial charge on any atom is 0.193 e. The molecule has 3 fully saturated rings. The molecule has 3 saturated heterocycles. The average molecular weight is 475 g/mol. The third-order valence-electron chi connectivity index (χ3n) is 5.94. The predicted molar refractivity (Wildman–Crippen MR) is 109 cm³/mol. The Morgan fingerprint density at radius 3 is 2.42 bits per heavy atom. The topological polar surface area (TPSA) is 46.1 Å². The number of guanidine groups is 1. The zero-order valence-electron chi connectivity index (χ0n) is 15.2. The van der Waals surface area contributed by atoms with Gasteiger partial charge in [0.25, 0.3) is 0 Å². The summed E-state index contributed by atoms with van der Waals surface area (Å²) >= 11 is 0. The molecule has 0 saturated carbocycles. The van der Waals surface area contributed by atoms with Crippen molar-refractivity contribution in [2.24, 2.45) is 16.8 Å². The van der Waals surface area contributed by atoms with E-state index in [0.29, 0.717) is 30.6 Å². The molecule has 5 unspecified atom stereocenters.